The first-order valence-corrected chi connectivity index (χ1v) is 18.4. The van der Waals surface area contributed by atoms with Crippen LogP contribution in [0.15, 0.2) is 30.3 Å². The molecule has 0 fully saturated rings. The first-order valence-electron chi connectivity index (χ1n) is 16.9. The van der Waals surface area contributed by atoms with Crippen molar-refractivity contribution in [3.05, 3.63) is 35.9 Å². The van der Waals surface area contributed by atoms with Crippen LogP contribution in [0.5, 0.6) is 0 Å². The molecule has 250 valence electrons. The summed E-state index contributed by atoms with van der Waals surface area (Å²) < 4.78 is 29.3. The van der Waals surface area contributed by atoms with Gasteiger partial charge in [-0.1, -0.05) is 134 Å². The van der Waals surface area contributed by atoms with E-state index in [2.05, 4.69) is 12.2 Å². The predicted molar refractivity (Wildman–Crippen MR) is 175 cm³/mol. The minimum Gasteiger partial charge on any atom is -0.756 e. The molecule has 1 N–H and O–H groups in total. The van der Waals surface area contributed by atoms with Gasteiger partial charge in [0.1, 0.15) is 19.3 Å². The summed E-state index contributed by atoms with van der Waals surface area (Å²) >= 11 is 0. The number of carbonyl (C=O) groups excluding carboxylic acids is 1. The van der Waals surface area contributed by atoms with Crippen LogP contribution in [0.25, 0.3) is 0 Å². The zero-order valence-corrected chi connectivity index (χ0v) is 28.8. The van der Waals surface area contributed by atoms with Crippen molar-refractivity contribution in [3.8, 4) is 0 Å². The van der Waals surface area contributed by atoms with Crippen molar-refractivity contribution in [3.63, 3.8) is 0 Å². The van der Waals surface area contributed by atoms with Crippen LogP contribution < -0.4 is 10.2 Å². The molecule has 0 heterocycles. The average molecular weight is 627 g/mol. The minimum atomic E-state index is -4.52. The molecular formula is C34H63N2O6P. The Morgan fingerprint density at radius 2 is 1.33 bits per heavy atom. The van der Waals surface area contributed by atoms with Crippen LogP contribution in [0, 0.1) is 0 Å². The van der Waals surface area contributed by atoms with Gasteiger partial charge < -0.3 is 28.5 Å². The van der Waals surface area contributed by atoms with E-state index in [1.54, 1.807) is 12.1 Å². The molecule has 43 heavy (non-hydrogen) atoms. The molecule has 0 aliphatic heterocycles. The van der Waals surface area contributed by atoms with E-state index in [0.717, 1.165) is 12.8 Å². The molecule has 1 rings (SSSR count). The predicted octanol–water partition coefficient (Wildman–Crippen LogP) is 7.31. The van der Waals surface area contributed by atoms with E-state index >= 15 is 0 Å². The average Bonchev–Trinajstić information content (AvgIpc) is 2.95. The van der Waals surface area contributed by atoms with E-state index in [-0.39, 0.29) is 32.1 Å². The number of unbranched alkanes of at least 4 members (excludes halogenated alkanes) is 15. The van der Waals surface area contributed by atoms with Gasteiger partial charge in [0.05, 0.1) is 34.3 Å². The Morgan fingerprint density at radius 1 is 0.814 bits per heavy atom. The zero-order chi connectivity index (χ0) is 31.7. The molecule has 1 aromatic rings. The Labute approximate surface area is 263 Å². The maximum atomic E-state index is 12.5. The van der Waals surface area contributed by atoms with Crippen LogP contribution in [-0.2, 0) is 18.3 Å². The highest BCUT2D eigenvalue weighted by Gasteiger charge is 2.20. The summed E-state index contributed by atoms with van der Waals surface area (Å²) in [6.45, 7) is 3.73. The molecule has 0 aromatic heterocycles. The van der Waals surface area contributed by atoms with E-state index in [1.807, 2.05) is 39.3 Å². The molecule has 0 bridgehead atoms. The Hall–Kier alpha value is -1.12. The molecule has 9 heteroatoms. The van der Waals surface area contributed by atoms with Crippen LogP contribution in [0.2, 0.25) is 0 Å². The van der Waals surface area contributed by atoms with Crippen LogP contribution in [0.3, 0.4) is 0 Å². The number of phosphoric ester groups is 1. The van der Waals surface area contributed by atoms with Gasteiger partial charge in [0.2, 0.25) is 0 Å². The third-order valence-electron chi connectivity index (χ3n) is 7.49. The topological polar surface area (TPSA) is 96.9 Å². The lowest BCUT2D eigenvalue weighted by Crippen LogP contribution is -2.38. The summed E-state index contributed by atoms with van der Waals surface area (Å²) in [5, 5.41) is 3.02. The van der Waals surface area contributed by atoms with Gasteiger partial charge in [-0.3, -0.25) is 9.36 Å². The van der Waals surface area contributed by atoms with Crippen molar-refractivity contribution in [2.75, 3.05) is 60.6 Å². The van der Waals surface area contributed by atoms with E-state index in [1.165, 1.54) is 89.9 Å². The number of Topliss-reactive ketones (excluding diaryl/α,β-unsaturated/α-hetero) is 1. The van der Waals surface area contributed by atoms with Gasteiger partial charge in [-0.05, 0) is 6.42 Å². The second-order valence-electron chi connectivity index (χ2n) is 12.8. The fraction of sp³-hybridized carbons (Fsp3) is 0.794. The lowest BCUT2D eigenvalue weighted by Gasteiger charge is -2.30. The molecule has 2 unspecified atom stereocenters. The van der Waals surface area contributed by atoms with E-state index in [9.17, 15) is 14.3 Å². The van der Waals surface area contributed by atoms with Crippen molar-refractivity contribution >= 4 is 13.6 Å². The second kappa shape index (κ2) is 25.1. The number of hydrogen-bond acceptors (Lipinski definition) is 7. The third kappa shape index (κ3) is 24.8. The van der Waals surface area contributed by atoms with Crippen molar-refractivity contribution in [1.82, 2.24) is 5.32 Å². The number of nitrogens with one attached hydrogen (secondary N) is 1. The van der Waals surface area contributed by atoms with Crippen molar-refractivity contribution in [2.24, 2.45) is 0 Å². The summed E-state index contributed by atoms with van der Waals surface area (Å²) in [5.41, 5.74) is 0.602. The summed E-state index contributed by atoms with van der Waals surface area (Å²) in [6, 6.07) is 8.99. The molecule has 2 atom stereocenters. The Kier molecular flexibility index (Phi) is 23.3. The Morgan fingerprint density at radius 3 is 1.84 bits per heavy atom. The number of carbonyl (C=O) groups is 1. The lowest BCUT2D eigenvalue weighted by atomic mass is 10.0. The van der Waals surface area contributed by atoms with Gasteiger partial charge >= 0.3 is 0 Å². The molecule has 0 aliphatic rings. The fourth-order valence-electron chi connectivity index (χ4n) is 4.81. The quantitative estimate of drug-likeness (QED) is 0.0414. The van der Waals surface area contributed by atoms with E-state index in [4.69, 9.17) is 13.8 Å². The van der Waals surface area contributed by atoms with Gasteiger partial charge in [-0.2, -0.15) is 0 Å². The normalized spacial score (nSPS) is 14.1. The first-order chi connectivity index (χ1) is 20.6. The number of ketones is 1. The molecule has 0 spiro atoms. The Bertz CT molecular complexity index is 849. The van der Waals surface area contributed by atoms with Gasteiger partial charge in [0.25, 0.3) is 7.82 Å². The number of hydrogen-bond donors (Lipinski definition) is 1. The smallest absolute Gasteiger partial charge is 0.268 e. The SMILES string of the molecule is CCCCCCCCCCCCCCCCCCOCC(CNCC(=O)c1ccccc1)OP(=O)([O-])OCC[N+](C)(C)C. The molecule has 0 saturated heterocycles. The first kappa shape index (κ1) is 39.9. The van der Waals surface area contributed by atoms with Crippen LogP contribution in [0.4, 0.5) is 0 Å². The summed E-state index contributed by atoms with van der Waals surface area (Å²) in [4.78, 5) is 24.9. The largest absolute Gasteiger partial charge is 0.756 e. The molecule has 0 amide bonds. The van der Waals surface area contributed by atoms with Crippen LogP contribution in [0.1, 0.15) is 120 Å². The Balaban J connectivity index is 2.21. The number of likely N-dealkylation sites (N-methyl/N-ethyl adjacent to an activating group) is 1. The van der Waals surface area contributed by atoms with E-state index < -0.39 is 13.9 Å². The van der Waals surface area contributed by atoms with Crippen molar-refractivity contribution < 1.29 is 32.5 Å². The lowest BCUT2D eigenvalue weighted by molar-refractivity contribution is -0.870. The summed E-state index contributed by atoms with van der Waals surface area (Å²) in [7, 11) is 1.37. The maximum Gasteiger partial charge on any atom is 0.268 e. The van der Waals surface area contributed by atoms with Crippen LogP contribution >= 0.6 is 7.82 Å². The van der Waals surface area contributed by atoms with Gasteiger partial charge in [-0.15, -0.1) is 0 Å². The second-order valence-corrected chi connectivity index (χ2v) is 14.2. The number of rotatable bonds is 30. The number of quaternary nitrogens is 1. The molecule has 0 aliphatic carbocycles. The number of nitrogens with zero attached hydrogens (tertiary/aromatic N) is 1. The third-order valence-corrected chi connectivity index (χ3v) is 8.54. The van der Waals surface area contributed by atoms with Crippen LogP contribution in [-0.4, -0.2) is 77.0 Å². The molecule has 0 radical (unpaired) electrons. The summed E-state index contributed by atoms with van der Waals surface area (Å²) in [5.74, 6) is -0.0714. The standard InChI is InChI=1S/C34H63N2O6P/c1-5-6-7-8-9-10-11-12-13-14-15-16-17-18-19-23-27-40-31-33(42-43(38,39)41-28-26-36(2,3)4)29-35-30-34(37)32-24-21-20-22-25-32/h20-22,24-25,33,35H,5-19,23,26-31H2,1-4H3. The number of ether oxygens (including phenoxy) is 1. The van der Waals surface area contributed by atoms with Gasteiger partial charge in [0.15, 0.2) is 5.78 Å². The zero-order valence-electron chi connectivity index (χ0n) is 27.9. The number of benzene rings is 1. The van der Waals surface area contributed by atoms with Gasteiger partial charge in [-0.25, -0.2) is 0 Å². The van der Waals surface area contributed by atoms with Crippen molar-refractivity contribution in [1.29, 1.82) is 0 Å². The minimum absolute atomic E-state index is 0.0387. The molecule has 8 nitrogen and oxygen atoms in total. The van der Waals surface area contributed by atoms with Crippen molar-refractivity contribution in [2.45, 2.75) is 116 Å². The molecule has 1 aromatic carbocycles. The highest BCUT2D eigenvalue weighted by Crippen LogP contribution is 2.39. The highest BCUT2D eigenvalue weighted by molar-refractivity contribution is 7.45. The van der Waals surface area contributed by atoms with E-state index in [0.29, 0.717) is 23.2 Å². The fourth-order valence-corrected chi connectivity index (χ4v) is 5.67. The molecular weight excluding hydrogens is 563 g/mol. The monoisotopic (exact) mass is 626 g/mol. The maximum absolute atomic E-state index is 12.5. The highest BCUT2D eigenvalue weighted by atomic mass is 31.2. The summed E-state index contributed by atoms with van der Waals surface area (Å²) in [6.07, 6.45) is 20.2. The number of phosphoric acid groups is 1. The van der Waals surface area contributed by atoms with Gasteiger partial charge in [0, 0.05) is 18.7 Å². The molecule has 0 saturated carbocycles.